The molecule has 0 spiro atoms. The van der Waals surface area contributed by atoms with Gasteiger partial charge < -0.3 is 23.9 Å². The van der Waals surface area contributed by atoms with Gasteiger partial charge in [-0.25, -0.2) is 8.42 Å². The molecule has 0 atom stereocenters. The predicted molar refractivity (Wildman–Crippen MR) is 175 cm³/mol. The zero-order valence-electron chi connectivity index (χ0n) is 26.6. The van der Waals surface area contributed by atoms with Crippen LogP contribution in [0.5, 0.6) is 17.2 Å². The number of ether oxygens (including phenoxy) is 3. The van der Waals surface area contributed by atoms with E-state index in [1.54, 1.807) is 38.5 Å². The van der Waals surface area contributed by atoms with Crippen LogP contribution in [0.15, 0.2) is 82.8 Å². The number of rotatable bonds is 15. The molecule has 2 aromatic heterocycles. The predicted octanol–water partition coefficient (Wildman–Crippen LogP) is 8.06. The van der Waals surface area contributed by atoms with Gasteiger partial charge in [-0.15, -0.1) is 0 Å². The van der Waals surface area contributed by atoms with Crippen molar-refractivity contribution < 1.29 is 22.6 Å². The number of benzene rings is 2. The van der Waals surface area contributed by atoms with Gasteiger partial charge in [0.25, 0.3) is 0 Å². The Labute approximate surface area is 258 Å². The molecular weight excluding hydrogens is 560 g/mol. The zero-order chi connectivity index (χ0) is 31.2. The average molecular weight is 609 g/mol. The third-order valence-electron chi connectivity index (χ3n) is 7.19. The van der Waals surface area contributed by atoms with Crippen molar-refractivity contribution in [2.75, 3.05) is 27.4 Å². The fourth-order valence-electron chi connectivity index (χ4n) is 4.76. The Morgan fingerprint density at radius 3 is 2.19 bits per heavy atom. The van der Waals surface area contributed by atoms with Crippen LogP contribution in [0.1, 0.15) is 76.8 Å². The summed E-state index contributed by atoms with van der Waals surface area (Å²) in [5.74, 6) is 2.14. The van der Waals surface area contributed by atoms with Crippen LogP contribution < -0.4 is 19.5 Å². The molecule has 0 aliphatic carbocycles. The maximum atomic E-state index is 13.6. The summed E-state index contributed by atoms with van der Waals surface area (Å²) in [5.41, 5.74) is 2.60. The minimum absolute atomic E-state index is 0.0765. The van der Waals surface area contributed by atoms with E-state index >= 15 is 0 Å². The summed E-state index contributed by atoms with van der Waals surface area (Å²) in [6, 6.07) is 18.1. The van der Waals surface area contributed by atoms with Gasteiger partial charge >= 0.3 is 0 Å². The number of aromatic nitrogens is 1. The van der Waals surface area contributed by atoms with Crippen molar-refractivity contribution >= 4 is 15.4 Å². The SMILES string of the molecule is CCCCCC.COc1ccc(CNCCCOc2ccc(S(=O)(=O)c3c(C(C)C)cn4ccccc34)cc2)cc1OC. The quantitative estimate of drug-likeness (QED) is 0.138. The lowest BCUT2D eigenvalue weighted by atomic mass is 10.1. The molecule has 43 heavy (non-hydrogen) atoms. The summed E-state index contributed by atoms with van der Waals surface area (Å²) in [4.78, 5) is 0.632. The van der Waals surface area contributed by atoms with E-state index in [2.05, 4.69) is 19.2 Å². The average Bonchev–Trinajstić information content (AvgIpc) is 3.43. The number of nitrogens with one attached hydrogen (secondary N) is 1. The zero-order valence-corrected chi connectivity index (χ0v) is 27.4. The second kappa shape index (κ2) is 17.0. The van der Waals surface area contributed by atoms with Gasteiger partial charge in [-0.05, 0) is 78.5 Å². The first-order valence-corrected chi connectivity index (χ1v) is 16.7. The number of hydrogen-bond donors (Lipinski definition) is 1. The van der Waals surface area contributed by atoms with E-state index in [0.29, 0.717) is 40.8 Å². The highest BCUT2D eigenvalue weighted by Crippen LogP contribution is 2.34. The molecule has 1 N–H and O–H groups in total. The number of hydrogen-bond acceptors (Lipinski definition) is 6. The minimum Gasteiger partial charge on any atom is -0.494 e. The summed E-state index contributed by atoms with van der Waals surface area (Å²) in [6.45, 7) is 10.5. The van der Waals surface area contributed by atoms with Crippen molar-refractivity contribution in [3.8, 4) is 17.2 Å². The van der Waals surface area contributed by atoms with Gasteiger partial charge in [-0.2, -0.15) is 0 Å². The van der Waals surface area contributed by atoms with Crippen molar-refractivity contribution in [1.82, 2.24) is 9.72 Å². The highest BCUT2D eigenvalue weighted by atomic mass is 32.2. The fraction of sp³-hybridized carbons (Fsp3) is 0.429. The molecule has 0 aliphatic rings. The smallest absolute Gasteiger partial charge is 0.209 e. The molecule has 4 aromatic rings. The molecule has 7 nitrogen and oxygen atoms in total. The van der Waals surface area contributed by atoms with Crippen LogP contribution in [0.3, 0.4) is 0 Å². The van der Waals surface area contributed by atoms with Crippen LogP contribution >= 0.6 is 0 Å². The normalized spacial score (nSPS) is 11.3. The molecule has 2 heterocycles. The highest BCUT2D eigenvalue weighted by Gasteiger charge is 2.27. The number of unbranched alkanes of at least 4 members (excludes halogenated alkanes) is 3. The Kier molecular flexibility index (Phi) is 13.4. The molecule has 2 aromatic carbocycles. The van der Waals surface area contributed by atoms with E-state index in [1.807, 2.05) is 67.0 Å². The van der Waals surface area contributed by atoms with Crippen molar-refractivity contribution in [2.45, 2.75) is 82.1 Å². The molecule has 0 amide bonds. The largest absolute Gasteiger partial charge is 0.494 e. The Bertz CT molecular complexity index is 1510. The second-order valence-corrected chi connectivity index (χ2v) is 12.7. The maximum Gasteiger partial charge on any atom is 0.209 e. The molecule has 8 heteroatoms. The van der Waals surface area contributed by atoms with Gasteiger partial charge in [-0.1, -0.05) is 65.5 Å². The second-order valence-electron chi connectivity index (χ2n) is 10.8. The summed E-state index contributed by atoms with van der Waals surface area (Å²) >= 11 is 0. The monoisotopic (exact) mass is 608 g/mol. The first kappa shape index (κ1) is 34.0. The van der Waals surface area contributed by atoms with Crippen molar-refractivity contribution in [2.24, 2.45) is 0 Å². The number of sulfone groups is 1. The number of fused-ring (bicyclic) bond motifs is 1. The Hall–Kier alpha value is -3.49. The van der Waals surface area contributed by atoms with Gasteiger partial charge in [0.05, 0.1) is 31.2 Å². The third-order valence-corrected chi connectivity index (χ3v) is 9.06. The van der Waals surface area contributed by atoms with E-state index in [4.69, 9.17) is 14.2 Å². The topological polar surface area (TPSA) is 78.3 Å². The first-order valence-electron chi connectivity index (χ1n) is 15.3. The summed E-state index contributed by atoms with van der Waals surface area (Å²) in [5, 5.41) is 3.39. The first-order chi connectivity index (χ1) is 20.8. The van der Waals surface area contributed by atoms with Gasteiger partial charge in [-0.3, -0.25) is 0 Å². The molecule has 0 saturated heterocycles. The third kappa shape index (κ3) is 9.25. The maximum absolute atomic E-state index is 13.6. The molecule has 0 radical (unpaired) electrons. The molecular formula is C35H48N2O5S. The van der Waals surface area contributed by atoms with Crippen LogP contribution in [-0.4, -0.2) is 40.2 Å². The van der Waals surface area contributed by atoms with Gasteiger partial charge in [0.1, 0.15) is 10.6 Å². The molecule has 0 bridgehead atoms. The van der Waals surface area contributed by atoms with Crippen LogP contribution in [-0.2, 0) is 16.4 Å². The van der Waals surface area contributed by atoms with Crippen LogP contribution in [0.4, 0.5) is 0 Å². The van der Waals surface area contributed by atoms with Gasteiger partial charge in [0.15, 0.2) is 11.5 Å². The Morgan fingerprint density at radius 2 is 1.56 bits per heavy atom. The molecule has 0 saturated carbocycles. The Balaban J connectivity index is 0.000000765. The lowest BCUT2D eigenvalue weighted by Crippen LogP contribution is -2.17. The number of methoxy groups -OCH3 is 2. The van der Waals surface area contributed by atoms with E-state index in [0.717, 1.165) is 24.1 Å². The van der Waals surface area contributed by atoms with Crippen molar-refractivity contribution in [3.63, 3.8) is 0 Å². The summed E-state index contributed by atoms with van der Waals surface area (Å²) in [6.07, 6.45) is 10.1. The molecule has 234 valence electrons. The van der Waals surface area contributed by atoms with Crippen LogP contribution in [0.25, 0.3) is 5.52 Å². The highest BCUT2D eigenvalue weighted by molar-refractivity contribution is 7.91. The van der Waals surface area contributed by atoms with Gasteiger partial charge in [0.2, 0.25) is 9.84 Å². The van der Waals surface area contributed by atoms with Crippen LogP contribution in [0, 0.1) is 0 Å². The standard InChI is InChI=1S/C29H34N2O5S.C6H14/c1-21(2)25-20-31-16-6-5-8-26(31)29(25)37(32,33)24-12-10-23(11-13-24)36-17-7-15-30-19-22-9-14-27(34-3)28(18-22)35-4;1-3-5-6-4-2/h5-6,8-14,16,18,20-21,30H,7,15,17,19H2,1-4H3;3-6H2,1-2H3. The summed E-state index contributed by atoms with van der Waals surface area (Å²) in [7, 11) is -0.441. The summed E-state index contributed by atoms with van der Waals surface area (Å²) < 4.78 is 45.5. The van der Waals surface area contributed by atoms with E-state index in [9.17, 15) is 8.42 Å². The van der Waals surface area contributed by atoms with Crippen LogP contribution in [0.2, 0.25) is 0 Å². The Morgan fingerprint density at radius 1 is 0.860 bits per heavy atom. The molecule has 0 fully saturated rings. The van der Waals surface area contributed by atoms with E-state index in [-0.39, 0.29) is 10.8 Å². The molecule has 0 aliphatic heterocycles. The minimum atomic E-state index is -3.69. The van der Waals surface area contributed by atoms with Crippen molar-refractivity contribution in [3.05, 3.63) is 84.2 Å². The number of nitrogens with zero attached hydrogens (tertiary/aromatic N) is 1. The molecule has 0 unspecified atom stereocenters. The van der Waals surface area contributed by atoms with Gasteiger partial charge in [0, 0.05) is 18.9 Å². The molecule has 4 rings (SSSR count). The number of pyridine rings is 1. The van der Waals surface area contributed by atoms with E-state index in [1.165, 1.54) is 25.7 Å². The van der Waals surface area contributed by atoms with Crippen molar-refractivity contribution in [1.29, 1.82) is 0 Å². The lowest BCUT2D eigenvalue weighted by molar-refractivity contribution is 0.308. The fourth-order valence-corrected chi connectivity index (χ4v) is 6.54. The van der Waals surface area contributed by atoms with E-state index < -0.39 is 9.84 Å². The lowest BCUT2D eigenvalue weighted by Gasteiger charge is -2.11.